The van der Waals surface area contributed by atoms with Crippen LogP contribution in [0, 0.1) is 11.6 Å². The smallest absolute Gasteiger partial charge is 0.161 e. The molecule has 0 amide bonds. The summed E-state index contributed by atoms with van der Waals surface area (Å²) < 4.78 is 25.3. The van der Waals surface area contributed by atoms with Crippen LogP contribution in [0.2, 0.25) is 0 Å². The van der Waals surface area contributed by atoms with Crippen molar-refractivity contribution in [1.29, 1.82) is 0 Å². The molecular weight excluding hydrogens is 145 g/mol. The monoisotopic (exact) mass is 152 g/mol. The van der Waals surface area contributed by atoms with E-state index in [0.29, 0.717) is 12.0 Å². The highest BCUT2D eigenvalue weighted by Gasteiger charge is 2.06. The second-order valence-electron chi connectivity index (χ2n) is 2.33. The van der Waals surface area contributed by atoms with Crippen LogP contribution < -0.4 is 5.46 Å². The quantitative estimate of drug-likeness (QED) is 0.532. The Hall–Kier alpha value is -0.855. The van der Waals surface area contributed by atoms with Gasteiger partial charge in [0.15, 0.2) is 11.6 Å². The molecule has 1 aromatic rings. The van der Waals surface area contributed by atoms with E-state index in [1.807, 2.05) is 0 Å². The lowest BCUT2D eigenvalue weighted by atomic mass is 9.93. The molecule has 0 N–H and O–H groups in total. The van der Waals surface area contributed by atoms with E-state index in [1.165, 1.54) is 6.07 Å². The van der Waals surface area contributed by atoms with Crippen LogP contribution in [-0.4, -0.2) is 7.85 Å². The molecule has 1 aromatic carbocycles. The summed E-state index contributed by atoms with van der Waals surface area (Å²) in [6, 6.07) is 2.42. The lowest BCUT2D eigenvalue weighted by molar-refractivity contribution is 0.501. The minimum Gasteiger partial charge on any atom is -0.204 e. The molecule has 0 aliphatic carbocycles. The van der Waals surface area contributed by atoms with Crippen LogP contribution in [-0.2, 0) is 6.42 Å². The van der Waals surface area contributed by atoms with Gasteiger partial charge >= 0.3 is 0 Å². The zero-order valence-electron chi connectivity index (χ0n) is 6.20. The second kappa shape index (κ2) is 3.03. The molecule has 11 heavy (non-hydrogen) atoms. The third-order valence-corrected chi connectivity index (χ3v) is 1.51. The van der Waals surface area contributed by atoms with Gasteiger partial charge in [0.2, 0.25) is 0 Å². The van der Waals surface area contributed by atoms with Gasteiger partial charge in [0.1, 0.15) is 7.85 Å². The molecule has 0 unspecified atom stereocenters. The predicted molar refractivity (Wildman–Crippen MR) is 41.1 cm³/mol. The molecule has 0 nitrogen and oxygen atoms in total. The molecular formula is C8H7BF2. The molecule has 0 fully saturated rings. The van der Waals surface area contributed by atoms with Gasteiger partial charge in [0.25, 0.3) is 0 Å². The Morgan fingerprint density at radius 3 is 2.55 bits per heavy atom. The van der Waals surface area contributed by atoms with E-state index in [0.717, 1.165) is 6.07 Å². The van der Waals surface area contributed by atoms with Gasteiger partial charge in [-0.05, 0) is 18.1 Å². The van der Waals surface area contributed by atoms with Crippen molar-refractivity contribution in [2.45, 2.75) is 13.3 Å². The first-order chi connectivity index (χ1) is 5.15. The first-order valence-electron chi connectivity index (χ1n) is 3.38. The fraction of sp³-hybridized carbons (Fsp3) is 0.250. The van der Waals surface area contributed by atoms with Gasteiger partial charge < -0.3 is 0 Å². The summed E-state index contributed by atoms with van der Waals surface area (Å²) in [5.74, 6) is -1.66. The van der Waals surface area contributed by atoms with Crippen LogP contribution in [0.4, 0.5) is 8.78 Å². The van der Waals surface area contributed by atoms with E-state index >= 15 is 0 Å². The minimum atomic E-state index is -0.873. The Kier molecular flexibility index (Phi) is 2.27. The molecule has 1 rings (SSSR count). The third-order valence-electron chi connectivity index (χ3n) is 1.51. The molecule has 0 saturated carbocycles. The van der Waals surface area contributed by atoms with E-state index in [4.69, 9.17) is 7.85 Å². The highest BCUT2D eigenvalue weighted by molar-refractivity contribution is 6.32. The Bertz CT molecular complexity index is 271. The van der Waals surface area contributed by atoms with Gasteiger partial charge in [0.05, 0.1) is 0 Å². The van der Waals surface area contributed by atoms with E-state index in [2.05, 4.69) is 0 Å². The number of halogens is 2. The van der Waals surface area contributed by atoms with E-state index in [9.17, 15) is 8.78 Å². The zero-order chi connectivity index (χ0) is 8.43. The lowest BCUT2D eigenvalue weighted by Gasteiger charge is -2.01. The lowest BCUT2D eigenvalue weighted by Crippen LogP contribution is -2.07. The van der Waals surface area contributed by atoms with Crippen molar-refractivity contribution >= 4 is 13.3 Å². The van der Waals surface area contributed by atoms with Gasteiger partial charge in [0, 0.05) is 0 Å². The van der Waals surface area contributed by atoms with Crippen molar-refractivity contribution in [3.8, 4) is 0 Å². The van der Waals surface area contributed by atoms with Crippen LogP contribution in [0.5, 0.6) is 0 Å². The van der Waals surface area contributed by atoms with Gasteiger partial charge in [-0.2, -0.15) is 0 Å². The summed E-state index contributed by atoms with van der Waals surface area (Å²) in [6.07, 6.45) is 0.452. The Morgan fingerprint density at radius 2 is 2.00 bits per heavy atom. The summed E-state index contributed by atoms with van der Waals surface area (Å²) >= 11 is 0. The topological polar surface area (TPSA) is 0 Å². The molecule has 0 saturated heterocycles. The predicted octanol–water partition coefficient (Wildman–Crippen LogP) is 1.32. The van der Waals surface area contributed by atoms with Crippen molar-refractivity contribution in [3.63, 3.8) is 0 Å². The van der Waals surface area contributed by atoms with Crippen LogP contribution in [0.15, 0.2) is 12.1 Å². The Balaban J connectivity index is 3.24. The molecule has 0 heterocycles. The van der Waals surface area contributed by atoms with Crippen LogP contribution in [0.3, 0.4) is 0 Å². The van der Waals surface area contributed by atoms with Crippen molar-refractivity contribution in [3.05, 3.63) is 29.3 Å². The summed E-state index contributed by atoms with van der Waals surface area (Å²) in [5.41, 5.74) is 0.586. The van der Waals surface area contributed by atoms with Crippen molar-refractivity contribution in [2.75, 3.05) is 0 Å². The molecule has 0 atom stereocenters. The third kappa shape index (κ3) is 1.59. The Labute approximate surface area is 65.6 Å². The van der Waals surface area contributed by atoms with Crippen molar-refractivity contribution in [1.82, 2.24) is 0 Å². The highest BCUT2D eigenvalue weighted by Crippen LogP contribution is 2.09. The van der Waals surface area contributed by atoms with Gasteiger partial charge in [-0.1, -0.05) is 18.5 Å². The van der Waals surface area contributed by atoms with Crippen LogP contribution in [0.1, 0.15) is 12.5 Å². The fourth-order valence-corrected chi connectivity index (χ4v) is 0.927. The van der Waals surface area contributed by atoms with Crippen molar-refractivity contribution < 1.29 is 8.78 Å². The largest absolute Gasteiger partial charge is 0.204 e. The number of benzene rings is 1. The maximum atomic E-state index is 12.8. The van der Waals surface area contributed by atoms with E-state index in [-0.39, 0.29) is 5.46 Å². The van der Waals surface area contributed by atoms with Gasteiger partial charge in [-0.15, -0.1) is 0 Å². The minimum absolute atomic E-state index is 0.265. The van der Waals surface area contributed by atoms with E-state index < -0.39 is 11.6 Å². The summed E-state index contributed by atoms with van der Waals surface area (Å²) in [4.78, 5) is 0. The maximum Gasteiger partial charge on any atom is 0.161 e. The standard InChI is InChI=1S/C8H7BF2/c1-2-5-3-6(9)4-7(10)8(5)11/h3-4H,2H2,1H3. The van der Waals surface area contributed by atoms with Gasteiger partial charge in [-0.3, -0.25) is 0 Å². The SMILES string of the molecule is [B]c1cc(F)c(F)c(CC)c1. The molecule has 3 heteroatoms. The van der Waals surface area contributed by atoms with Crippen molar-refractivity contribution in [2.24, 2.45) is 0 Å². The van der Waals surface area contributed by atoms with Gasteiger partial charge in [-0.25, -0.2) is 8.78 Å². The molecule has 0 aliphatic rings. The molecule has 56 valence electrons. The average molecular weight is 152 g/mol. The molecule has 0 aliphatic heterocycles. The average Bonchev–Trinajstić information content (AvgIpc) is 1.96. The summed E-state index contributed by atoms with van der Waals surface area (Å²) in [6.45, 7) is 1.75. The van der Waals surface area contributed by atoms with E-state index in [1.54, 1.807) is 6.92 Å². The first kappa shape index (κ1) is 8.24. The number of hydrogen-bond acceptors (Lipinski definition) is 0. The normalized spacial score (nSPS) is 10.1. The number of rotatable bonds is 1. The highest BCUT2D eigenvalue weighted by atomic mass is 19.2. The van der Waals surface area contributed by atoms with Crippen LogP contribution in [0.25, 0.3) is 0 Å². The molecule has 0 spiro atoms. The second-order valence-corrected chi connectivity index (χ2v) is 2.33. The molecule has 0 bridgehead atoms. The summed E-state index contributed by atoms with van der Waals surface area (Å²) in [5, 5.41) is 0. The maximum absolute atomic E-state index is 12.8. The van der Waals surface area contributed by atoms with Crippen LogP contribution >= 0.6 is 0 Å². The Morgan fingerprint density at radius 1 is 1.36 bits per heavy atom. The fourth-order valence-electron chi connectivity index (χ4n) is 0.927. The molecule has 0 aromatic heterocycles. The zero-order valence-corrected chi connectivity index (χ0v) is 6.20. The first-order valence-corrected chi connectivity index (χ1v) is 3.38. The molecule has 2 radical (unpaired) electrons. The number of aryl methyl sites for hydroxylation is 1. The summed E-state index contributed by atoms with van der Waals surface area (Å²) in [7, 11) is 5.30. The number of hydrogen-bond donors (Lipinski definition) is 0.